The summed E-state index contributed by atoms with van der Waals surface area (Å²) < 4.78 is 0. The van der Waals surface area contributed by atoms with E-state index in [1.165, 1.54) is 5.56 Å². The summed E-state index contributed by atoms with van der Waals surface area (Å²) in [5.74, 6) is 0.437. The van der Waals surface area contributed by atoms with E-state index in [0.717, 1.165) is 12.1 Å². The molecule has 0 spiro atoms. The average Bonchev–Trinajstić information content (AvgIpc) is 2.14. The Morgan fingerprint density at radius 3 is 2.81 bits per heavy atom. The van der Waals surface area contributed by atoms with E-state index in [1.54, 1.807) is 12.1 Å². The molecule has 1 aliphatic rings. The summed E-state index contributed by atoms with van der Waals surface area (Å²) in [6.07, 6.45) is 1.04. The zero-order valence-corrected chi connectivity index (χ0v) is 9.78. The second kappa shape index (κ2) is 3.47. The molecule has 0 saturated heterocycles. The molecule has 1 aliphatic heterocycles. The van der Waals surface area contributed by atoms with E-state index in [9.17, 15) is 10.1 Å². The molecule has 0 aromatic heterocycles. The molecule has 1 N–H and O–H groups in total. The van der Waals surface area contributed by atoms with E-state index in [-0.39, 0.29) is 16.1 Å². The van der Waals surface area contributed by atoms with Crippen molar-refractivity contribution in [2.75, 3.05) is 5.32 Å². The number of nitrogens with zero attached hydrogens (tertiary/aromatic N) is 1. The van der Waals surface area contributed by atoms with Gasteiger partial charge in [0.1, 0.15) is 0 Å². The molecule has 4 nitrogen and oxygen atoms in total. The second-order valence-corrected chi connectivity index (χ2v) is 5.14. The van der Waals surface area contributed by atoms with Crippen LogP contribution in [0.2, 0.25) is 0 Å². The smallest absolute Gasteiger partial charge is 0.271 e. The van der Waals surface area contributed by atoms with Gasteiger partial charge in [0.2, 0.25) is 0 Å². The van der Waals surface area contributed by atoms with Gasteiger partial charge in [-0.15, -0.1) is 0 Å². The Labute approximate surface area is 94.8 Å². The number of benzene rings is 1. The molecule has 0 aliphatic carbocycles. The largest absolute Gasteiger partial charge is 0.380 e. The van der Waals surface area contributed by atoms with Gasteiger partial charge in [-0.2, -0.15) is 0 Å². The van der Waals surface area contributed by atoms with Gasteiger partial charge >= 0.3 is 0 Å². The molecule has 0 radical (unpaired) electrons. The van der Waals surface area contributed by atoms with E-state index in [4.69, 9.17) is 0 Å². The van der Waals surface area contributed by atoms with Gasteiger partial charge in [-0.05, 0) is 37.8 Å². The van der Waals surface area contributed by atoms with Gasteiger partial charge in [0, 0.05) is 23.4 Å². The molecule has 86 valence electrons. The van der Waals surface area contributed by atoms with Crippen LogP contribution in [0.3, 0.4) is 0 Å². The molecule has 1 aromatic rings. The van der Waals surface area contributed by atoms with E-state index in [1.807, 2.05) is 6.07 Å². The lowest BCUT2D eigenvalue weighted by Gasteiger charge is -2.37. The number of nitro groups is 1. The maximum absolute atomic E-state index is 10.7. The van der Waals surface area contributed by atoms with Gasteiger partial charge in [0.05, 0.1) is 4.92 Å². The van der Waals surface area contributed by atoms with Crippen molar-refractivity contribution in [3.05, 3.63) is 33.9 Å². The Kier molecular flexibility index (Phi) is 2.37. The summed E-state index contributed by atoms with van der Waals surface area (Å²) in [6, 6.07) is 5.07. The molecular formula is C12H16N2O2. The number of nitro benzene ring substituents is 1. The van der Waals surface area contributed by atoms with E-state index in [2.05, 4.69) is 26.1 Å². The van der Waals surface area contributed by atoms with Crippen molar-refractivity contribution in [2.45, 2.75) is 38.6 Å². The van der Waals surface area contributed by atoms with Crippen molar-refractivity contribution >= 4 is 11.4 Å². The zero-order valence-electron chi connectivity index (χ0n) is 9.78. The maximum atomic E-state index is 10.7. The van der Waals surface area contributed by atoms with Crippen LogP contribution >= 0.6 is 0 Å². The number of fused-ring (bicyclic) bond motifs is 1. The van der Waals surface area contributed by atoms with Gasteiger partial charge in [-0.3, -0.25) is 10.1 Å². The molecular weight excluding hydrogens is 204 g/mol. The highest BCUT2D eigenvalue weighted by Gasteiger charge is 2.29. The lowest BCUT2D eigenvalue weighted by atomic mass is 9.82. The summed E-state index contributed by atoms with van der Waals surface area (Å²) in [7, 11) is 0. The number of anilines is 1. The number of hydrogen-bond donors (Lipinski definition) is 1. The molecule has 1 aromatic carbocycles. The summed E-state index contributed by atoms with van der Waals surface area (Å²) in [5.41, 5.74) is 2.22. The molecule has 1 atom stereocenters. The van der Waals surface area contributed by atoms with E-state index >= 15 is 0 Å². The van der Waals surface area contributed by atoms with Gasteiger partial charge < -0.3 is 5.32 Å². The van der Waals surface area contributed by atoms with Crippen molar-refractivity contribution in [1.82, 2.24) is 0 Å². The standard InChI is InChI=1S/C12H16N2O2/c1-8-7-12(2,3)13-11-6-9(14(15)16)4-5-10(8)11/h4-6,8,13H,7H2,1-3H3. The topological polar surface area (TPSA) is 55.2 Å². The third-order valence-corrected chi connectivity index (χ3v) is 3.07. The van der Waals surface area contributed by atoms with Crippen LogP contribution in [0.1, 0.15) is 38.7 Å². The summed E-state index contributed by atoms with van der Waals surface area (Å²) in [5, 5.41) is 14.1. The zero-order chi connectivity index (χ0) is 11.9. The molecule has 4 heteroatoms. The number of non-ortho nitro benzene ring substituents is 1. The highest BCUT2D eigenvalue weighted by molar-refractivity contribution is 5.61. The van der Waals surface area contributed by atoms with Crippen molar-refractivity contribution in [3.63, 3.8) is 0 Å². The molecule has 0 saturated carbocycles. The number of rotatable bonds is 1. The first-order valence-electron chi connectivity index (χ1n) is 5.45. The third kappa shape index (κ3) is 1.87. The molecule has 1 unspecified atom stereocenters. The van der Waals surface area contributed by atoms with Crippen LogP contribution in [0.15, 0.2) is 18.2 Å². The molecule has 1 heterocycles. The number of nitrogens with one attached hydrogen (secondary N) is 1. The van der Waals surface area contributed by atoms with Crippen molar-refractivity contribution in [2.24, 2.45) is 0 Å². The Hall–Kier alpha value is -1.58. The molecule has 0 fully saturated rings. The normalized spacial score (nSPS) is 22.1. The predicted molar refractivity (Wildman–Crippen MR) is 63.8 cm³/mol. The molecule has 16 heavy (non-hydrogen) atoms. The highest BCUT2D eigenvalue weighted by atomic mass is 16.6. The number of hydrogen-bond acceptors (Lipinski definition) is 3. The molecule has 2 rings (SSSR count). The van der Waals surface area contributed by atoms with Crippen LogP contribution in [-0.4, -0.2) is 10.5 Å². The van der Waals surface area contributed by atoms with Crippen LogP contribution in [0.25, 0.3) is 0 Å². The van der Waals surface area contributed by atoms with E-state index < -0.39 is 0 Å². The minimum Gasteiger partial charge on any atom is -0.380 e. The Morgan fingerprint density at radius 1 is 1.50 bits per heavy atom. The fraction of sp³-hybridized carbons (Fsp3) is 0.500. The SMILES string of the molecule is CC1CC(C)(C)Nc2cc([N+](=O)[O-])ccc21. The highest BCUT2D eigenvalue weighted by Crippen LogP contribution is 2.39. The second-order valence-electron chi connectivity index (χ2n) is 5.14. The third-order valence-electron chi connectivity index (χ3n) is 3.07. The Bertz CT molecular complexity index is 441. The van der Waals surface area contributed by atoms with Crippen LogP contribution in [0.5, 0.6) is 0 Å². The summed E-state index contributed by atoms with van der Waals surface area (Å²) in [4.78, 5) is 10.4. The molecule has 0 bridgehead atoms. The van der Waals surface area contributed by atoms with Gasteiger partial charge in [-0.25, -0.2) is 0 Å². The van der Waals surface area contributed by atoms with Gasteiger partial charge in [0.25, 0.3) is 5.69 Å². The van der Waals surface area contributed by atoms with Crippen LogP contribution in [-0.2, 0) is 0 Å². The first kappa shape index (κ1) is 10.9. The van der Waals surface area contributed by atoms with Gasteiger partial charge in [0.15, 0.2) is 0 Å². The summed E-state index contributed by atoms with van der Waals surface area (Å²) in [6.45, 7) is 6.39. The Balaban J connectivity index is 2.46. The fourth-order valence-electron chi connectivity index (χ4n) is 2.49. The van der Waals surface area contributed by atoms with Crippen molar-refractivity contribution in [3.8, 4) is 0 Å². The fourth-order valence-corrected chi connectivity index (χ4v) is 2.49. The van der Waals surface area contributed by atoms with Gasteiger partial charge in [-0.1, -0.05) is 6.92 Å². The minimum atomic E-state index is -0.353. The lowest BCUT2D eigenvalue weighted by molar-refractivity contribution is -0.384. The monoisotopic (exact) mass is 220 g/mol. The predicted octanol–water partition coefficient (Wildman–Crippen LogP) is 3.29. The van der Waals surface area contributed by atoms with Crippen molar-refractivity contribution < 1.29 is 4.92 Å². The summed E-state index contributed by atoms with van der Waals surface area (Å²) >= 11 is 0. The quantitative estimate of drug-likeness (QED) is 0.583. The van der Waals surface area contributed by atoms with Crippen molar-refractivity contribution in [1.29, 1.82) is 0 Å². The average molecular weight is 220 g/mol. The Morgan fingerprint density at radius 2 is 2.19 bits per heavy atom. The molecule has 0 amide bonds. The van der Waals surface area contributed by atoms with Crippen LogP contribution in [0, 0.1) is 10.1 Å². The van der Waals surface area contributed by atoms with Crippen LogP contribution in [0.4, 0.5) is 11.4 Å². The first-order chi connectivity index (χ1) is 7.39. The first-order valence-corrected chi connectivity index (χ1v) is 5.45. The lowest BCUT2D eigenvalue weighted by Crippen LogP contribution is -2.36. The minimum absolute atomic E-state index is 0.00163. The van der Waals surface area contributed by atoms with E-state index in [0.29, 0.717) is 5.92 Å². The van der Waals surface area contributed by atoms with Crippen LogP contribution < -0.4 is 5.32 Å². The maximum Gasteiger partial charge on any atom is 0.271 e.